The van der Waals surface area contributed by atoms with Gasteiger partial charge in [0.1, 0.15) is 22.6 Å². The van der Waals surface area contributed by atoms with Crippen molar-refractivity contribution in [3.63, 3.8) is 0 Å². The zero-order valence-electron chi connectivity index (χ0n) is 17.2. The fourth-order valence-corrected chi connectivity index (χ4v) is 3.96. The standard InChI is InChI=1S/C21H20FN5O5S/c22-12-7-8-16-15(10-12)24-18(33-16)11-27-9-3-5-14(20(27)30)25-19(29)13(26-21(31)32)4-1-2-6-17(23)28/h2-3,5-10,13,26H,1,4,11H2,(H2,23,28)(H,25,29)(H,31,32)/b6-2+. The molecular formula is C21H20FN5O5S. The minimum atomic E-state index is -1.41. The van der Waals surface area contributed by atoms with Gasteiger partial charge in [0.15, 0.2) is 0 Å². The SMILES string of the molecule is NC(=O)/C=C/CCC(NC(=O)O)C(=O)Nc1cccn(Cc2nc3cc(F)ccc3s2)c1=O. The van der Waals surface area contributed by atoms with Crippen LogP contribution in [-0.4, -0.2) is 38.6 Å². The first-order chi connectivity index (χ1) is 15.7. The number of anilines is 1. The van der Waals surface area contributed by atoms with Crippen molar-refractivity contribution in [3.05, 3.63) is 69.9 Å². The zero-order chi connectivity index (χ0) is 24.0. The maximum Gasteiger partial charge on any atom is 0.405 e. The van der Waals surface area contributed by atoms with Crippen molar-refractivity contribution in [2.75, 3.05) is 5.32 Å². The Labute approximate surface area is 190 Å². The molecule has 3 amide bonds. The summed E-state index contributed by atoms with van der Waals surface area (Å²) in [5.74, 6) is -1.80. The predicted molar refractivity (Wildman–Crippen MR) is 121 cm³/mol. The summed E-state index contributed by atoms with van der Waals surface area (Å²) in [7, 11) is 0. The van der Waals surface area contributed by atoms with Gasteiger partial charge in [-0.15, -0.1) is 11.3 Å². The Morgan fingerprint density at radius 2 is 2.09 bits per heavy atom. The van der Waals surface area contributed by atoms with Crippen LogP contribution in [0.5, 0.6) is 0 Å². The van der Waals surface area contributed by atoms with Gasteiger partial charge >= 0.3 is 6.09 Å². The monoisotopic (exact) mass is 473 g/mol. The summed E-state index contributed by atoms with van der Waals surface area (Å²) in [5, 5.41) is 14.1. The molecule has 3 aromatic rings. The summed E-state index contributed by atoms with van der Waals surface area (Å²) in [4.78, 5) is 51.6. The third-order valence-corrected chi connectivity index (χ3v) is 5.52. The molecule has 3 rings (SSSR count). The number of thiazole rings is 1. The number of amides is 3. The van der Waals surface area contributed by atoms with Crippen molar-refractivity contribution in [2.24, 2.45) is 5.73 Å². The number of rotatable bonds is 9. The molecule has 0 saturated carbocycles. The van der Waals surface area contributed by atoms with Crippen LogP contribution >= 0.6 is 11.3 Å². The molecule has 2 aromatic heterocycles. The normalized spacial score (nSPS) is 12.0. The van der Waals surface area contributed by atoms with Crippen molar-refractivity contribution in [3.8, 4) is 0 Å². The van der Waals surface area contributed by atoms with Crippen LogP contribution in [0, 0.1) is 5.82 Å². The predicted octanol–water partition coefficient (Wildman–Crippen LogP) is 2.04. The lowest BCUT2D eigenvalue weighted by atomic mass is 10.1. The van der Waals surface area contributed by atoms with E-state index in [1.165, 1.54) is 46.4 Å². The molecule has 0 saturated heterocycles. The number of halogens is 1. The molecule has 10 nitrogen and oxygen atoms in total. The molecule has 1 aromatic carbocycles. The number of carbonyl (C=O) groups excluding carboxylic acids is 2. The number of fused-ring (bicyclic) bond motifs is 1. The fourth-order valence-electron chi connectivity index (χ4n) is 3.02. The number of primary amides is 1. The Hall–Kier alpha value is -4.06. The van der Waals surface area contributed by atoms with E-state index in [2.05, 4.69) is 15.6 Å². The summed E-state index contributed by atoms with van der Waals surface area (Å²) in [6.07, 6.45) is 2.90. The second kappa shape index (κ2) is 10.5. The highest BCUT2D eigenvalue weighted by Gasteiger charge is 2.21. The lowest BCUT2D eigenvalue weighted by Crippen LogP contribution is -2.44. The van der Waals surface area contributed by atoms with Gasteiger partial charge in [-0.25, -0.2) is 14.2 Å². The highest BCUT2D eigenvalue weighted by molar-refractivity contribution is 7.18. The van der Waals surface area contributed by atoms with E-state index >= 15 is 0 Å². The molecular weight excluding hydrogens is 453 g/mol. The van der Waals surface area contributed by atoms with Crippen LogP contribution in [-0.2, 0) is 16.1 Å². The van der Waals surface area contributed by atoms with Gasteiger partial charge in [-0.3, -0.25) is 14.4 Å². The summed E-state index contributed by atoms with van der Waals surface area (Å²) < 4.78 is 15.5. The van der Waals surface area contributed by atoms with Gasteiger partial charge < -0.3 is 26.0 Å². The number of aromatic nitrogens is 2. The molecule has 0 spiro atoms. The van der Waals surface area contributed by atoms with Crippen molar-refractivity contribution in [1.82, 2.24) is 14.9 Å². The number of hydrogen-bond acceptors (Lipinski definition) is 6. The van der Waals surface area contributed by atoms with E-state index in [-0.39, 0.29) is 25.1 Å². The van der Waals surface area contributed by atoms with Crippen LogP contribution in [0.15, 0.2) is 53.5 Å². The largest absolute Gasteiger partial charge is 0.465 e. The van der Waals surface area contributed by atoms with Gasteiger partial charge in [-0.05, 0) is 43.2 Å². The average Bonchev–Trinajstić information content (AvgIpc) is 3.14. The number of allylic oxidation sites excluding steroid dienone is 1. The number of nitrogens with one attached hydrogen (secondary N) is 2. The molecule has 33 heavy (non-hydrogen) atoms. The molecule has 0 bridgehead atoms. The highest BCUT2D eigenvalue weighted by atomic mass is 32.1. The van der Waals surface area contributed by atoms with Gasteiger partial charge in [0.25, 0.3) is 5.56 Å². The number of carboxylic acid groups (broad SMARTS) is 1. The average molecular weight is 473 g/mol. The molecule has 0 fully saturated rings. The van der Waals surface area contributed by atoms with Crippen molar-refractivity contribution in [1.29, 1.82) is 0 Å². The zero-order valence-corrected chi connectivity index (χ0v) is 18.0. The Bertz CT molecular complexity index is 1290. The van der Waals surface area contributed by atoms with Crippen LogP contribution in [0.3, 0.4) is 0 Å². The smallest absolute Gasteiger partial charge is 0.405 e. The number of nitrogens with zero attached hydrogens (tertiary/aromatic N) is 2. The number of pyridine rings is 1. The topological polar surface area (TPSA) is 156 Å². The quantitative estimate of drug-likeness (QED) is 0.348. The molecule has 172 valence electrons. The molecule has 1 unspecified atom stereocenters. The third kappa shape index (κ3) is 6.46. The summed E-state index contributed by atoms with van der Waals surface area (Å²) in [6, 6.07) is 6.04. The van der Waals surface area contributed by atoms with E-state index in [0.717, 1.165) is 10.8 Å². The molecule has 0 aliphatic carbocycles. The first kappa shape index (κ1) is 23.6. The van der Waals surface area contributed by atoms with Crippen molar-refractivity contribution < 1.29 is 23.9 Å². The van der Waals surface area contributed by atoms with Gasteiger partial charge in [0.05, 0.1) is 16.8 Å². The molecule has 12 heteroatoms. The molecule has 1 atom stereocenters. The van der Waals surface area contributed by atoms with Crippen LogP contribution < -0.4 is 21.9 Å². The number of benzene rings is 1. The van der Waals surface area contributed by atoms with Crippen LogP contribution in [0.25, 0.3) is 10.2 Å². The van der Waals surface area contributed by atoms with E-state index in [1.807, 2.05) is 0 Å². The van der Waals surface area contributed by atoms with Crippen LogP contribution in [0.4, 0.5) is 14.9 Å². The minimum Gasteiger partial charge on any atom is -0.465 e. The lowest BCUT2D eigenvalue weighted by Gasteiger charge is -2.16. The summed E-state index contributed by atoms with van der Waals surface area (Å²) in [6.45, 7) is 0.109. The van der Waals surface area contributed by atoms with E-state index in [4.69, 9.17) is 10.8 Å². The molecule has 5 N–H and O–H groups in total. The van der Waals surface area contributed by atoms with E-state index in [1.54, 1.807) is 12.1 Å². The first-order valence-electron chi connectivity index (χ1n) is 9.73. The first-order valence-corrected chi connectivity index (χ1v) is 10.6. The fraction of sp³-hybridized carbons (Fsp3) is 0.190. The second-order valence-corrected chi connectivity index (χ2v) is 8.06. The highest BCUT2D eigenvalue weighted by Crippen LogP contribution is 2.23. The Morgan fingerprint density at radius 1 is 1.30 bits per heavy atom. The molecule has 0 aliphatic rings. The van der Waals surface area contributed by atoms with E-state index < -0.39 is 35.3 Å². The third-order valence-electron chi connectivity index (χ3n) is 4.50. The van der Waals surface area contributed by atoms with Gasteiger partial charge in [0.2, 0.25) is 11.8 Å². The van der Waals surface area contributed by atoms with Gasteiger partial charge in [0, 0.05) is 12.3 Å². The Balaban J connectivity index is 1.74. The molecule has 0 radical (unpaired) electrons. The minimum absolute atomic E-state index is 0.0421. The van der Waals surface area contributed by atoms with Crippen molar-refractivity contribution >= 4 is 45.1 Å². The van der Waals surface area contributed by atoms with Crippen LogP contribution in [0.2, 0.25) is 0 Å². The maximum atomic E-state index is 13.4. The van der Waals surface area contributed by atoms with Gasteiger partial charge in [-0.1, -0.05) is 6.08 Å². The Kier molecular flexibility index (Phi) is 7.51. The summed E-state index contributed by atoms with van der Waals surface area (Å²) in [5.41, 5.74) is 4.92. The second-order valence-electron chi connectivity index (χ2n) is 6.95. The number of nitrogens with two attached hydrogens (primary N) is 1. The van der Waals surface area contributed by atoms with E-state index in [0.29, 0.717) is 10.5 Å². The van der Waals surface area contributed by atoms with Crippen molar-refractivity contribution in [2.45, 2.75) is 25.4 Å². The van der Waals surface area contributed by atoms with E-state index in [9.17, 15) is 23.6 Å². The number of carbonyl (C=O) groups is 3. The van der Waals surface area contributed by atoms with Gasteiger partial charge in [-0.2, -0.15) is 0 Å². The number of hydrogen-bond donors (Lipinski definition) is 4. The molecule has 0 aliphatic heterocycles. The Morgan fingerprint density at radius 3 is 2.82 bits per heavy atom. The van der Waals surface area contributed by atoms with Crippen LogP contribution in [0.1, 0.15) is 17.8 Å². The summed E-state index contributed by atoms with van der Waals surface area (Å²) >= 11 is 1.31. The lowest BCUT2D eigenvalue weighted by molar-refractivity contribution is -0.118. The maximum absolute atomic E-state index is 13.4. The molecule has 2 heterocycles.